The summed E-state index contributed by atoms with van der Waals surface area (Å²) in [5, 5.41) is 12.1. The minimum Gasteiger partial charge on any atom is -0.506 e. The highest BCUT2D eigenvalue weighted by Crippen LogP contribution is 2.22. The molecule has 0 aliphatic rings. The van der Waals surface area contributed by atoms with Crippen LogP contribution in [-0.2, 0) is 4.79 Å². The SMILES string of the molecule is CC(N)C(C)C(=O)Nc1ccccc1O. The maximum Gasteiger partial charge on any atom is 0.228 e. The van der Waals surface area contributed by atoms with Crippen molar-refractivity contribution in [3.63, 3.8) is 0 Å². The second-order valence-electron chi connectivity index (χ2n) is 3.65. The van der Waals surface area contributed by atoms with Gasteiger partial charge in [-0.05, 0) is 19.1 Å². The average molecular weight is 208 g/mol. The Kier molecular flexibility index (Phi) is 3.68. The summed E-state index contributed by atoms with van der Waals surface area (Å²) in [6.45, 7) is 3.52. The van der Waals surface area contributed by atoms with Crippen molar-refractivity contribution in [3.8, 4) is 5.75 Å². The molecule has 0 saturated heterocycles. The first-order chi connectivity index (χ1) is 7.02. The summed E-state index contributed by atoms with van der Waals surface area (Å²) in [6, 6.07) is 6.38. The molecule has 4 heteroatoms. The first-order valence-electron chi connectivity index (χ1n) is 4.87. The van der Waals surface area contributed by atoms with Crippen molar-refractivity contribution in [2.24, 2.45) is 11.7 Å². The van der Waals surface area contributed by atoms with Crippen molar-refractivity contribution >= 4 is 11.6 Å². The molecule has 4 N–H and O–H groups in total. The van der Waals surface area contributed by atoms with Gasteiger partial charge in [-0.3, -0.25) is 4.79 Å². The summed E-state index contributed by atoms with van der Waals surface area (Å²) >= 11 is 0. The first-order valence-corrected chi connectivity index (χ1v) is 4.87. The van der Waals surface area contributed by atoms with E-state index in [-0.39, 0.29) is 23.6 Å². The van der Waals surface area contributed by atoms with Crippen molar-refractivity contribution in [3.05, 3.63) is 24.3 Å². The van der Waals surface area contributed by atoms with E-state index in [4.69, 9.17) is 5.73 Å². The quantitative estimate of drug-likeness (QED) is 0.656. The van der Waals surface area contributed by atoms with Crippen LogP contribution < -0.4 is 11.1 Å². The number of nitrogens with two attached hydrogens (primary N) is 1. The molecule has 0 aromatic heterocycles. The number of hydrogen-bond acceptors (Lipinski definition) is 3. The molecule has 0 fully saturated rings. The summed E-state index contributed by atoms with van der Waals surface area (Å²) < 4.78 is 0. The Morgan fingerprint density at radius 2 is 2.00 bits per heavy atom. The molecule has 0 spiro atoms. The van der Waals surface area contributed by atoms with Gasteiger partial charge in [0.25, 0.3) is 0 Å². The third-order valence-corrected chi connectivity index (χ3v) is 2.36. The van der Waals surface area contributed by atoms with Crippen LogP contribution in [-0.4, -0.2) is 17.1 Å². The van der Waals surface area contributed by atoms with Crippen molar-refractivity contribution in [1.82, 2.24) is 0 Å². The number of para-hydroxylation sites is 2. The molecule has 0 saturated carbocycles. The molecule has 0 heterocycles. The van der Waals surface area contributed by atoms with Gasteiger partial charge in [0.15, 0.2) is 0 Å². The summed E-state index contributed by atoms with van der Waals surface area (Å²) in [4.78, 5) is 11.6. The summed E-state index contributed by atoms with van der Waals surface area (Å²) in [6.07, 6.45) is 0. The van der Waals surface area contributed by atoms with Crippen LogP contribution in [0.5, 0.6) is 5.75 Å². The van der Waals surface area contributed by atoms with Crippen molar-refractivity contribution < 1.29 is 9.90 Å². The van der Waals surface area contributed by atoms with Gasteiger partial charge in [-0.2, -0.15) is 0 Å². The van der Waals surface area contributed by atoms with Crippen molar-refractivity contribution in [1.29, 1.82) is 0 Å². The van der Waals surface area contributed by atoms with Crippen LogP contribution in [0, 0.1) is 5.92 Å². The molecule has 2 atom stereocenters. The molecule has 15 heavy (non-hydrogen) atoms. The number of carbonyl (C=O) groups is 1. The Balaban J connectivity index is 2.71. The van der Waals surface area contributed by atoms with E-state index in [9.17, 15) is 9.90 Å². The lowest BCUT2D eigenvalue weighted by Gasteiger charge is -2.15. The number of amides is 1. The summed E-state index contributed by atoms with van der Waals surface area (Å²) in [5.74, 6) is -0.418. The second kappa shape index (κ2) is 4.79. The number of nitrogens with one attached hydrogen (secondary N) is 1. The third-order valence-electron chi connectivity index (χ3n) is 2.36. The average Bonchev–Trinajstić information content (AvgIpc) is 2.20. The van der Waals surface area contributed by atoms with Gasteiger partial charge in [-0.25, -0.2) is 0 Å². The zero-order valence-corrected chi connectivity index (χ0v) is 8.90. The van der Waals surface area contributed by atoms with Crippen LogP contribution in [0.4, 0.5) is 5.69 Å². The van der Waals surface area contributed by atoms with Gasteiger partial charge < -0.3 is 16.2 Å². The smallest absolute Gasteiger partial charge is 0.228 e. The Morgan fingerprint density at radius 3 is 2.53 bits per heavy atom. The monoisotopic (exact) mass is 208 g/mol. The van der Waals surface area contributed by atoms with E-state index in [0.29, 0.717) is 5.69 Å². The summed E-state index contributed by atoms with van der Waals surface area (Å²) in [5.41, 5.74) is 6.02. The molecular weight excluding hydrogens is 192 g/mol. The van der Waals surface area contributed by atoms with Gasteiger partial charge in [0.2, 0.25) is 5.91 Å². The van der Waals surface area contributed by atoms with E-state index in [0.717, 1.165) is 0 Å². The zero-order chi connectivity index (χ0) is 11.4. The molecule has 0 bridgehead atoms. The van der Waals surface area contributed by atoms with Crippen molar-refractivity contribution in [2.75, 3.05) is 5.32 Å². The Labute approximate surface area is 89.1 Å². The number of benzene rings is 1. The lowest BCUT2D eigenvalue weighted by molar-refractivity contribution is -0.119. The minimum absolute atomic E-state index is 0.0581. The van der Waals surface area contributed by atoms with Crippen LogP contribution in [0.2, 0.25) is 0 Å². The number of phenolic OH excluding ortho intramolecular Hbond substituents is 1. The van der Waals surface area contributed by atoms with Crippen molar-refractivity contribution in [2.45, 2.75) is 19.9 Å². The number of phenols is 1. The standard InChI is InChI=1S/C11H16N2O2/c1-7(8(2)12)11(15)13-9-5-3-4-6-10(9)14/h3-8,14H,12H2,1-2H3,(H,13,15). The van der Waals surface area contributed by atoms with E-state index >= 15 is 0 Å². The van der Waals surface area contributed by atoms with Crippen LogP contribution in [0.15, 0.2) is 24.3 Å². The van der Waals surface area contributed by atoms with Gasteiger partial charge in [-0.1, -0.05) is 19.1 Å². The van der Waals surface area contributed by atoms with E-state index in [2.05, 4.69) is 5.32 Å². The van der Waals surface area contributed by atoms with E-state index < -0.39 is 0 Å². The fraction of sp³-hybridized carbons (Fsp3) is 0.364. The zero-order valence-electron chi connectivity index (χ0n) is 8.90. The van der Waals surface area contributed by atoms with Crippen LogP contribution >= 0.6 is 0 Å². The predicted octanol–water partition coefficient (Wildman–Crippen LogP) is 1.31. The maximum absolute atomic E-state index is 11.6. The lowest BCUT2D eigenvalue weighted by Crippen LogP contribution is -2.34. The van der Waals surface area contributed by atoms with Crippen LogP contribution in [0.25, 0.3) is 0 Å². The third kappa shape index (κ3) is 2.95. The topological polar surface area (TPSA) is 75.4 Å². The molecule has 1 aromatic rings. The molecule has 0 aliphatic carbocycles. The maximum atomic E-state index is 11.6. The Morgan fingerprint density at radius 1 is 1.40 bits per heavy atom. The Bertz CT molecular complexity index is 350. The van der Waals surface area contributed by atoms with Crippen LogP contribution in [0.1, 0.15) is 13.8 Å². The molecule has 1 amide bonds. The number of anilines is 1. The highest BCUT2D eigenvalue weighted by molar-refractivity contribution is 5.94. The first kappa shape index (κ1) is 11.5. The van der Waals surface area contributed by atoms with Crippen LogP contribution in [0.3, 0.4) is 0 Å². The largest absolute Gasteiger partial charge is 0.506 e. The highest BCUT2D eigenvalue weighted by Gasteiger charge is 2.17. The number of hydrogen-bond donors (Lipinski definition) is 3. The molecule has 4 nitrogen and oxygen atoms in total. The van der Waals surface area contributed by atoms with E-state index in [1.54, 1.807) is 32.0 Å². The van der Waals surface area contributed by atoms with Gasteiger partial charge >= 0.3 is 0 Å². The van der Waals surface area contributed by atoms with Gasteiger partial charge in [0.1, 0.15) is 5.75 Å². The van der Waals surface area contributed by atoms with Gasteiger partial charge in [0, 0.05) is 6.04 Å². The lowest BCUT2D eigenvalue weighted by atomic mass is 10.0. The Hall–Kier alpha value is -1.55. The van der Waals surface area contributed by atoms with E-state index in [1.165, 1.54) is 6.07 Å². The number of carbonyl (C=O) groups excluding carboxylic acids is 1. The molecule has 1 rings (SSSR count). The molecular formula is C11H16N2O2. The van der Waals surface area contributed by atoms with E-state index in [1.807, 2.05) is 0 Å². The number of aromatic hydroxyl groups is 1. The second-order valence-corrected chi connectivity index (χ2v) is 3.65. The molecule has 2 unspecified atom stereocenters. The minimum atomic E-state index is -0.287. The number of rotatable bonds is 3. The summed E-state index contributed by atoms with van der Waals surface area (Å²) in [7, 11) is 0. The molecule has 82 valence electrons. The molecule has 0 aliphatic heterocycles. The fourth-order valence-corrected chi connectivity index (χ4v) is 1.06. The predicted molar refractivity (Wildman–Crippen MR) is 59.5 cm³/mol. The normalized spacial score (nSPS) is 14.3. The molecule has 0 radical (unpaired) electrons. The fourth-order valence-electron chi connectivity index (χ4n) is 1.06. The van der Waals surface area contributed by atoms with Gasteiger partial charge in [-0.15, -0.1) is 0 Å². The van der Waals surface area contributed by atoms with Gasteiger partial charge in [0.05, 0.1) is 11.6 Å². The molecule has 1 aromatic carbocycles. The highest BCUT2D eigenvalue weighted by atomic mass is 16.3.